The van der Waals surface area contributed by atoms with Crippen LogP contribution in [-0.2, 0) is 28.9 Å². The fraction of sp³-hybridized carbons (Fsp3) is 0.364. The molecule has 44 heavy (non-hydrogen) atoms. The second kappa shape index (κ2) is 13.4. The minimum absolute atomic E-state index is 0.0708. The number of aromatic nitrogens is 3. The van der Waals surface area contributed by atoms with Crippen LogP contribution in [0.2, 0.25) is 0 Å². The minimum atomic E-state index is -0.559. The number of hydrogen-bond acceptors (Lipinski definition) is 9. The predicted octanol–water partition coefficient (Wildman–Crippen LogP) is 6.26. The number of aryl methyl sites for hydroxylation is 3. The molecule has 3 aromatic heterocycles. The average molecular weight is 634 g/mol. The molecule has 0 unspecified atom stereocenters. The molecule has 4 aromatic rings. The lowest BCUT2D eigenvalue weighted by Gasteiger charge is -2.14. The molecule has 0 aliphatic heterocycles. The molecular formula is C33H35N3O6S2. The maximum atomic E-state index is 13.6. The highest BCUT2D eigenvalue weighted by Crippen LogP contribution is 2.35. The van der Waals surface area contributed by atoms with Gasteiger partial charge in [0.1, 0.15) is 4.83 Å². The molecule has 5 rings (SSSR count). The van der Waals surface area contributed by atoms with E-state index in [1.54, 1.807) is 54.0 Å². The fourth-order valence-electron chi connectivity index (χ4n) is 5.68. The first-order valence-corrected chi connectivity index (χ1v) is 16.5. The molecule has 0 saturated heterocycles. The van der Waals surface area contributed by atoms with Crippen molar-refractivity contribution in [2.75, 3.05) is 19.0 Å². The molecule has 230 valence electrons. The number of fused-ring (bicyclic) bond motifs is 3. The molecule has 1 aliphatic carbocycles. The van der Waals surface area contributed by atoms with Crippen molar-refractivity contribution in [1.29, 1.82) is 0 Å². The van der Waals surface area contributed by atoms with Crippen LogP contribution in [0.3, 0.4) is 0 Å². The number of benzene rings is 1. The SMILES string of the molecule is C=CCn1c(SCC(=O)c2cc(C)n(-c3cc(C(=O)OCC)cc(C(=O)OCC)c3)c2C)nc2sc3c(c2c1=O)CCCC3. The van der Waals surface area contributed by atoms with E-state index in [0.717, 1.165) is 41.8 Å². The minimum Gasteiger partial charge on any atom is -0.462 e. The summed E-state index contributed by atoms with van der Waals surface area (Å²) in [5.74, 6) is -1.18. The van der Waals surface area contributed by atoms with Crippen molar-refractivity contribution in [1.82, 2.24) is 14.1 Å². The van der Waals surface area contributed by atoms with Crippen LogP contribution in [-0.4, -0.2) is 50.8 Å². The van der Waals surface area contributed by atoms with Gasteiger partial charge in [0, 0.05) is 34.1 Å². The molecule has 3 heterocycles. The van der Waals surface area contributed by atoms with Gasteiger partial charge in [-0.2, -0.15) is 0 Å². The van der Waals surface area contributed by atoms with E-state index in [2.05, 4.69) is 6.58 Å². The number of hydrogen-bond donors (Lipinski definition) is 0. The van der Waals surface area contributed by atoms with Gasteiger partial charge < -0.3 is 14.0 Å². The second-order valence-electron chi connectivity index (χ2n) is 10.5. The normalized spacial score (nSPS) is 12.6. The maximum Gasteiger partial charge on any atom is 0.338 e. The first-order chi connectivity index (χ1) is 21.2. The van der Waals surface area contributed by atoms with Gasteiger partial charge in [-0.05, 0) is 83.2 Å². The summed E-state index contributed by atoms with van der Waals surface area (Å²) in [5, 5.41) is 1.20. The first-order valence-electron chi connectivity index (χ1n) is 14.7. The predicted molar refractivity (Wildman–Crippen MR) is 173 cm³/mol. The van der Waals surface area contributed by atoms with Crippen molar-refractivity contribution < 1.29 is 23.9 Å². The zero-order valence-corrected chi connectivity index (χ0v) is 27.0. The van der Waals surface area contributed by atoms with Crippen molar-refractivity contribution >= 4 is 51.0 Å². The van der Waals surface area contributed by atoms with Crippen molar-refractivity contribution in [3.8, 4) is 5.69 Å². The third-order valence-corrected chi connectivity index (χ3v) is 9.78. The van der Waals surface area contributed by atoms with Crippen molar-refractivity contribution in [2.24, 2.45) is 0 Å². The lowest BCUT2D eigenvalue weighted by Crippen LogP contribution is -2.23. The van der Waals surface area contributed by atoms with Gasteiger partial charge in [-0.25, -0.2) is 14.6 Å². The smallest absolute Gasteiger partial charge is 0.338 e. The van der Waals surface area contributed by atoms with Gasteiger partial charge in [-0.3, -0.25) is 14.2 Å². The summed E-state index contributed by atoms with van der Waals surface area (Å²) in [6, 6.07) is 6.52. The van der Waals surface area contributed by atoms with Crippen LogP contribution in [0.1, 0.15) is 79.6 Å². The number of carbonyl (C=O) groups is 3. The van der Waals surface area contributed by atoms with Crippen LogP contribution >= 0.6 is 23.1 Å². The molecule has 0 spiro atoms. The summed E-state index contributed by atoms with van der Waals surface area (Å²) in [6.45, 7) is 11.6. The Balaban J connectivity index is 1.47. The number of ether oxygens (including phenoxy) is 2. The Morgan fingerprint density at radius 2 is 1.68 bits per heavy atom. The van der Waals surface area contributed by atoms with E-state index >= 15 is 0 Å². The Bertz CT molecular complexity index is 1810. The Labute approximate surface area is 263 Å². The molecule has 9 nitrogen and oxygen atoms in total. The number of esters is 2. The third kappa shape index (κ3) is 6.03. The molecule has 0 radical (unpaired) electrons. The molecule has 0 fully saturated rings. The number of carbonyl (C=O) groups excluding carboxylic acids is 3. The van der Waals surface area contributed by atoms with E-state index in [9.17, 15) is 19.2 Å². The topological polar surface area (TPSA) is 109 Å². The zero-order valence-electron chi connectivity index (χ0n) is 25.4. The monoisotopic (exact) mass is 633 g/mol. The van der Waals surface area contributed by atoms with Gasteiger partial charge >= 0.3 is 11.9 Å². The highest BCUT2D eigenvalue weighted by molar-refractivity contribution is 7.99. The Kier molecular flexibility index (Phi) is 9.55. The summed E-state index contributed by atoms with van der Waals surface area (Å²) in [4.78, 5) is 59.3. The Hall–Kier alpha value is -3.96. The lowest BCUT2D eigenvalue weighted by atomic mass is 9.97. The summed E-state index contributed by atoms with van der Waals surface area (Å²) < 4.78 is 13.8. The molecule has 1 aliphatic rings. The number of thioether (sulfide) groups is 1. The first kappa shape index (κ1) is 31.5. The third-order valence-electron chi connectivity index (χ3n) is 7.61. The highest BCUT2D eigenvalue weighted by atomic mass is 32.2. The van der Waals surface area contributed by atoms with Gasteiger partial charge in [-0.1, -0.05) is 17.8 Å². The quantitative estimate of drug-likeness (QED) is 0.0626. The molecule has 0 bridgehead atoms. The number of thiophene rings is 1. The molecule has 0 N–H and O–H groups in total. The molecule has 1 aromatic carbocycles. The molecule has 0 atom stereocenters. The molecule has 11 heteroatoms. The van der Waals surface area contributed by atoms with Gasteiger partial charge in [-0.15, -0.1) is 17.9 Å². The van der Waals surface area contributed by atoms with Gasteiger partial charge in [0.05, 0.1) is 35.5 Å². The standard InChI is InChI=1S/C33H35N3O6S2/c1-6-13-35-30(38)28-24-11-9-10-12-27(24)44-29(28)34-33(35)43-18-26(37)25-14-19(4)36(20(25)5)23-16-21(31(39)41-7-2)15-22(17-23)32(40)42-8-3/h6,14-17H,1,7-13,18H2,2-5H3. The van der Waals surface area contributed by atoms with E-state index in [1.807, 2.05) is 18.4 Å². The molecular weight excluding hydrogens is 599 g/mol. The van der Waals surface area contributed by atoms with Gasteiger partial charge in [0.15, 0.2) is 10.9 Å². The van der Waals surface area contributed by atoms with Crippen molar-refractivity contribution in [3.05, 3.63) is 85.8 Å². The number of ketones is 1. The Morgan fingerprint density at radius 3 is 2.32 bits per heavy atom. The average Bonchev–Trinajstić information content (AvgIpc) is 3.53. The lowest BCUT2D eigenvalue weighted by molar-refractivity contribution is 0.0525. The summed E-state index contributed by atoms with van der Waals surface area (Å²) in [7, 11) is 0. The van der Waals surface area contributed by atoms with Crippen molar-refractivity contribution in [2.45, 2.75) is 65.1 Å². The van der Waals surface area contributed by atoms with Crippen LogP contribution < -0.4 is 5.56 Å². The highest BCUT2D eigenvalue weighted by Gasteiger charge is 2.24. The van der Waals surface area contributed by atoms with Crippen molar-refractivity contribution in [3.63, 3.8) is 0 Å². The summed E-state index contributed by atoms with van der Waals surface area (Å²) in [5.41, 5.74) is 3.90. The molecule has 0 saturated carbocycles. The van der Waals surface area contributed by atoms with E-state index in [0.29, 0.717) is 34.0 Å². The van der Waals surface area contributed by atoms with Crippen LogP contribution in [0.4, 0.5) is 0 Å². The second-order valence-corrected chi connectivity index (χ2v) is 12.6. The van der Waals surface area contributed by atoms with Crippen LogP contribution in [0, 0.1) is 13.8 Å². The number of rotatable bonds is 11. The van der Waals surface area contributed by atoms with Crippen LogP contribution in [0.15, 0.2) is 46.9 Å². The fourth-order valence-corrected chi connectivity index (χ4v) is 7.87. The van der Waals surface area contributed by atoms with Gasteiger partial charge in [0.2, 0.25) is 0 Å². The van der Waals surface area contributed by atoms with Gasteiger partial charge in [0.25, 0.3) is 5.56 Å². The zero-order chi connectivity index (χ0) is 31.5. The van der Waals surface area contributed by atoms with Crippen LogP contribution in [0.5, 0.6) is 0 Å². The number of allylic oxidation sites excluding steroid dienone is 1. The van der Waals surface area contributed by atoms with E-state index in [1.165, 1.54) is 22.7 Å². The van der Waals surface area contributed by atoms with E-state index in [-0.39, 0.29) is 41.4 Å². The molecule has 0 amide bonds. The summed E-state index contributed by atoms with van der Waals surface area (Å²) >= 11 is 2.82. The largest absolute Gasteiger partial charge is 0.462 e. The maximum absolute atomic E-state index is 13.6. The number of nitrogens with zero attached hydrogens (tertiary/aromatic N) is 3. The van der Waals surface area contributed by atoms with E-state index < -0.39 is 11.9 Å². The number of Topliss-reactive ketones (excluding diaryl/α,β-unsaturated/α-hetero) is 1. The summed E-state index contributed by atoms with van der Waals surface area (Å²) in [6.07, 6.45) is 5.72. The van der Waals surface area contributed by atoms with Crippen LogP contribution in [0.25, 0.3) is 15.9 Å². The van der Waals surface area contributed by atoms with E-state index in [4.69, 9.17) is 14.5 Å². The Morgan fingerprint density at radius 1 is 1.02 bits per heavy atom.